The molecule has 0 amide bonds. The van der Waals surface area contributed by atoms with Gasteiger partial charge in [-0.15, -0.1) is 0 Å². The van der Waals surface area contributed by atoms with E-state index in [1.807, 2.05) is 0 Å². The Balaban J connectivity index is -0.000000125. The van der Waals surface area contributed by atoms with Crippen LogP contribution in [0.1, 0.15) is 28.1 Å². The fourth-order valence-electron chi connectivity index (χ4n) is 0.289. The Hall–Kier alpha value is 1.35. The van der Waals surface area contributed by atoms with Gasteiger partial charge in [0.2, 0.25) is 0 Å². The Bertz CT molecular complexity index is 31.6. The Labute approximate surface area is 75.3 Å². The predicted molar refractivity (Wildman–Crippen MR) is 34.5 cm³/mol. The van der Waals surface area contributed by atoms with Gasteiger partial charge in [-0.3, -0.25) is 0 Å². The standard InChI is InChI=1S/C5H12S.Na.H/c1-3-5(6)4-2;;/h5-6H,3-4H2,1-2H3;;/q;+1;-1. The second-order valence-electron chi connectivity index (χ2n) is 1.47. The molecule has 0 N–H and O–H groups in total. The summed E-state index contributed by atoms with van der Waals surface area (Å²) in [5, 5.41) is 0.630. The van der Waals surface area contributed by atoms with E-state index >= 15 is 0 Å². The molecule has 2 heteroatoms. The van der Waals surface area contributed by atoms with Crippen molar-refractivity contribution < 1.29 is 31.0 Å². The van der Waals surface area contributed by atoms with Gasteiger partial charge in [-0.1, -0.05) is 13.8 Å². The summed E-state index contributed by atoms with van der Waals surface area (Å²) in [6.07, 6.45) is 2.39. The molecule has 0 radical (unpaired) electrons. The van der Waals surface area contributed by atoms with E-state index in [-0.39, 0.29) is 31.0 Å². The molecule has 0 spiro atoms. The first kappa shape index (κ1) is 11.2. The van der Waals surface area contributed by atoms with Crippen molar-refractivity contribution in [2.24, 2.45) is 0 Å². The first-order valence-electron chi connectivity index (χ1n) is 2.49. The molecule has 0 aromatic heterocycles. The third-order valence-electron chi connectivity index (χ3n) is 0.942. The maximum atomic E-state index is 4.23. The van der Waals surface area contributed by atoms with E-state index in [0.717, 1.165) is 0 Å². The topological polar surface area (TPSA) is 0 Å². The van der Waals surface area contributed by atoms with Crippen LogP contribution in [0.15, 0.2) is 0 Å². The molecule has 0 aromatic rings. The van der Waals surface area contributed by atoms with Gasteiger partial charge in [-0.25, -0.2) is 0 Å². The fourth-order valence-corrected chi connectivity index (χ4v) is 0.289. The summed E-state index contributed by atoms with van der Waals surface area (Å²) in [7, 11) is 0. The van der Waals surface area contributed by atoms with Crippen LogP contribution in [0.5, 0.6) is 0 Å². The Morgan fingerprint density at radius 2 is 1.71 bits per heavy atom. The molecule has 0 aliphatic heterocycles. The van der Waals surface area contributed by atoms with Crippen LogP contribution in [-0.2, 0) is 0 Å². The first-order chi connectivity index (χ1) is 2.81. The molecule has 0 unspecified atom stereocenters. The molecule has 0 atom stereocenters. The molecule has 7 heavy (non-hydrogen) atoms. The van der Waals surface area contributed by atoms with Crippen LogP contribution in [0.4, 0.5) is 0 Å². The fraction of sp³-hybridized carbons (Fsp3) is 1.00. The van der Waals surface area contributed by atoms with E-state index in [4.69, 9.17) is 0 Å². The van der Waals surface area contributed by atoms with E-state index in [9.17, 15) is 0 Å². The van der Waals surface area contributed by atoms with Gasteiger partial charge in [0.15, 0.2) is 0 Å². The van der Waals surface area contributed by atoms with E-state index in [1.165, 1.54) is 12.8 Å². The summed E-state index contributed by atoms with van der Waals surface area (Å²) in [5.74, 6) is 0. The maximum absolute atomic E-state index is 4.23. The van der Waals surface area contributed by atoms with Crippen molar-refractivity contribution in [3.63, 3.8) is 0 Å². The van der Waals surface area contributed by atoms with Crippen molar-refractivity contribution in [2.45, 2.75) is 31.9 Å². The molecule has 40 valence electrons. The zero-order chi connectivity index (χ0) is 4.99. The van der Waals surface area contributed by atoms with E-state index in [2.05, 4.69) is 26.5 Å². The number of thiol groups is 1. The van der Waals surface area contributed by atoms with E-state index < -0.39 is 0 Å². The molecule has 0 aliphatic rings. The summed E-state index contributed by atoms with van der Waals surface area (Å²) >= 11 is 4.23. The number of hydrogen-bond donors (Lipinski definition) is 1. The first-order valence-corrected chi connectivity index (χ1v) is 3.01. The molecule has 0 bridgehead atoms. The van der Waals surface area contributed by atoms with Crippen LogP contribution in [-0.4, -0.2) is 5.25 Å². The average Bonchev–Trinajstić information content (AvgIpc) is 1.65. The molecule has 0 fully saturated rings. The Morgan fingerprint density at radius 1 is 1.43 bits per heavy atom. The van der Waals surface area contributed by atoms with Gasteiger partial charge in [0.1, 0.15) is 0 Å². The van der Waals surface area contributed by atoms with Crippen LogP contribution < -0.4 is 29.6 Å². The van der Waals surface area contributed by atoms with Crippen LogP contribution in [0, 0.1) is 0 Å². The summed E-state index contributed by atoms with van der Waals surface area (Å²) in [4.78, 5) is 0. The summed E-state index contributed by atoms with van der Waals surface area (Å²) in [6, 6.07) is 0. The van der Waals surface area contributed by atoms with Crippen LogP contribution >= 0.6 is 12.6 Å². The molecule has 0 saturated carbocycles. The molecule has 0 aliphatic carbocycles. The molecular formula is C5H13NaS. The van der Waals surface area contributed by atoms with Gasteiger partial charge >= 0.3 is 29.6 Å². The molecule has 0 saturated heterocycles. The van der Waals surface area contributed by atoms with Crippen molar-refractivity contribution in [2.75, 3.05) is 0 Å². The van der Waals surface area contributed by atoms with Gasteiger partial charge in [0, 0.05) is 5.25 Å². The van der Waals surface area contributed by atoms with E-state index in [1.54, 1.807) is 0 Å². The maximum Gasteiger partial charge on any atom is 1.00 e. The van der Waals surface area contributed by atoms with Gasteiger partial charge in [0.05, 0.1) is 0 Å². The van der Waals surface area contributed by atoms with Crippen molar-refractivity contribution in [1.82, 2.24) is 0 Å². The van der Waals surface area contributed by atoms with Gasteiger partial charge in [0.25, 0.3) is 0 Å². The van der Waals surface area contributed by atoms with Crippen LogP contribution in [0.3, 0.4) is 0 Å². The largest absolute Gasteiger partial charge is 1.00 e. The summed E-state index contributed by atoms with van der Waals surface area (Å²) in [6.45, 7) is 4.31. The molecule has 0 heterocycles. The Kier molecular flexibility index (Phi) is 11.7. The number of rotatable bonds is 2. The van der Waals surface area contributed by atoms with Crippen LogP contribution in [0.2, 0.25) is 0 Å². The second-order valence-corrected chi connectivity index (χ2v) is 2.20. The third kappa shape index (κ3) is 7.35. The molecule has 0 rings (SSSR count). The predicted octanol–water partition coefficient (Wildman–Crippen LogP) is -0.779. The normalized spacial score (nSPS) is 8.57. The SMILES string of the molecule is CCC(S)CC.[H-].[Na+]. The second kappa shape index (κ2) is 7.35. The smallest absolute Gasteiger partial charge is 1.00 e. The van der Waals surface area contributed by atoms with Crippen molar-refractivity contribution >= 4 is 12.6 Å². The minimum absolute atomic E-state index is 0. The molecule has 0 aromatic carbocycles. The Morgan fingerprint density at radius 3 is 1.71 bits per heavy atom. The average molecular weight is 128 g/mol. The minimum atomic E-state index is 0. The minimum Gasteiger partial charge on any atom is -1.00 e. The number of hydrogen-bond acceptors (Lipinski definition) is 1. The zero-order valence-electron chi connectivity index (χ0n) is 6.44. The van der Waals surface area contributed by atoms with E-state index in [0.29, 0.717) is 5.25 Å². The van der Waals surface area contributed by atoms with Crippen molar-refractivity contribution in [1.29, 1.82) is 0 Å². The monoisotopic (exact) mass is 128 g/mol. The zero-order valence-corrected chi connectivity index (χ0v) is 8.33. The summed E-state index contributed by atoms with van der Waals surface area (Å²) < 4.78 is 0. The van der Waals surface area contributed by atoms with Gasteiger partial charge in [-0.05, 0) is 12.8 Å². The molecular weight excluding hydrogens is 115 g/mol. The van der Waals surface area contributed by atoms with Gasteiger partial charge < -0.3 is 1.43 Å². The van der Waals surface area contributed by atoms with Crippen LogP contribution in [0.25, 0.3) is 0 Å². The van der Waals surface area contributed by atoms with Crippen molar-refractivity contribution in [3.05, 3.63) is 0 Å². The third-order valence-corrected chi connectivity index (χ3v) is 1.67. The quantitative estimate of drug-likeness (QED) is 0.366. The molecule has 0 nitrogen and oxygen atoms in total. The summed E-state index contributed by atoms with van der Waals surface area (Å²) in [5.41, 5.74) is 0. The van der Waals surface area contributed by atoms with Crippen molar-refractivity contribution in [3.8, 4) is 0 Å². The van der Waals surface area contributed by atoms with Gasteiger partial charge in [-0.2, -0.15) is 12.6 Å².